The van der Waals surface area contributed by atoms with E-state index >= 15 is 0 Å². The highest BCUT2D eigenvalue weighted by molar-refractivity contribution is 6.12. The second-order valence-corrected chi connectivity index (χ2v) is 18.0. The van der Waals surface area contributed by atoms with Crippen molar-refractivity contribution in [2.45, 2.75) is 124 Å². The summed E-state index contributed by atoms with van der Waals surface area (Å²) in [6.45, 7) is 14.4. The van der Waals surface area contributed by atoms with Crippen LogP contribution in [0.4, 0.5) is 0 Å². The summed E-state index contributed by atoms with van der Waals surface area (Å²) in [5, 5.41) is 11.4. The number of guanidine groups is 1. The van der Waals surface area contributed by atoms with Crippen LogP contribution in [0.2, 0.25) is 0 Å². The standard InChI is InChI=1S/C40H66N8O10.C7H8.C3H8/c1-9-27(2)37(30(57-7)24-34(52)47-19-13-14-29(47)38(58-8)28(3)39(56)41-26-36(54)55)44(6)35(53)25-42-40(43(4)5)46-22-20-45(21-23-46)31(49)15-11-10-12-18-48-32(50)16-17-33(48)51;1-7-5-3-2-4-6-7;1-3-2/h16-17,27-30,37-38H,9-15,18-26H2,1-8H3,(H,41,56)(H,54,55);2-6H,1H3;3H2,1-2H3. The van der Waals surface area contributed by atoms with Gasteiger partial charge in [0.15, 0.2) is 5.96 Å². The first-order chi connectivity index (χ1) is 32.4. The Kier molecular flexibility index (Phi) is 26.7. The lowest BCUT2D eigenvalue weighted by Crippen LogP contribution is -2.54. The van der Waals surface area contributed by atoms with Gasteiger partial charge in [-0.1, -0.05) is 89.8 Å². The van der Waals surface area contributed by atoms with Crippen molar-refractivity contribution in [3.63, 3.8) is 0 Å². The van der Waals surface area contributed by atoms with Gasteiger partial charge >= 0.3 is 5.97 Å². The molecule has 6 atom stereocenters. The molecule has 2 saturated heterocycles. The number of unbranched alkanes of at least 4 members (excludes halogenated alkanes) is 2. The van der Waals surface area contributed by atoms with Crippen molar-refractivity contribution in [3.8, 4) is 0 Å². The van der Waals surface area contributed by atoms with Gasteiger partial charge in [0.25, 0.3) is 11.8 Å². The topological polar surface area (TPSA) is 202 Å². The molecule has 1 aromatic rings. The highest BCUT2D eigenvalue weighted by Crippen LogP contribution is 2.29. The lowest BCUT2D eigenvalue weighted by atomic mass is 9.90. The molecule has 1 aromatic carbocycles. The van der Waals surface area contributed by atoms with Crippen molar-refractivity contribution in [2.24, 2.45) is 16.8 Å². The number of aliphatic imine (C=N–C) groups is 1. The zero-order valence-electron chi connectivity index (χ0n) is 42.8. The summed E-state index contributed by atoms with van der Waals surface area (Å²) in [7, 11) is 8.45. The Hall–Kier alpha value is -5.36. The van der Waals surface area contributed by atoms with Gasteiger partial charge in [-0.3, -0.25) is 38.5 Å². The first-order valence-corrected chi connectivity index (χ1v) is 24.3. The molecule has 18 nitrogen and oxygen atoms in total. The summed E-state index contributed by atoms with van der Waals surface area (Å²) in [5.74, 6) is -2.66. The number of carbonyl (C=O) groups excluding carboxylic acids is 6. The molecule has 4 rings (SSSR count). The predicted molar refractivity (Wildman–Crippen MR) is 262 cm³/mol. The van der Waals surface area contributed by atoms with E-state index in [4.69, 9.17) is 19.6 Å². The zero-order chi connectivity index (χ0) is 50.9. The molecule has 2 N–H and O–H groups in total. The summed E-state index contributed by atoms with van der Waals surface area (Å²) in [6, 6.07) is 9.43. The molecule has 3 aliphatic rings. The first kappa shape index (κ1) is 58.8. The summed E-state index contributed by atoms with van der Waals surface area (Å²) in [4.78, 5) is 103. The third-order valence-corrected chi connectivity index (χ3v) is 12.5. The number of likely N-dealkylation sites (tertiary alicyclic amines) is 1. The first-order valence-electron chi connectivity index (χ1n) is 24.3. The third kappa shape index (κ3) is 18.6. The van der Waals surface area contributed by atoms with Gasteiger partial charge in [-0.05, 0) is 38.5 Å². The van der Waals surface area contributed by atoms with Crippen molar-refractivity contribution in [2.75, 3.05) is 87.7 Å². The van der Waals surface area contributed by atoms with Crippen LogP contribution in [0.1, 0.15) is 98.0 Å². The number of carboxylic acid groups (broad SMARTS) is 1. The van der Waals surface area contributed by atoms with E-state index in [0.29, 0.717) is 70.9 Å². The van der Waals surface area contributed by atoms with Gasteiger partial charge < -0.3 is 44.4 Å². The number of aryl methyl sites for hydroxylation is 1. The molecule has 0 aliphatic carbocycles. The van der Waals surface area contributed by atoms with Crippen LogP contribution in [-0.4, -0.2) is 194 Å². The maximum atomic E-state index is 14.0. The smallest absolute Gasteiger partial charge is 0.322 e. The quantitative estimate of drug-likeness (QED) is 0.0776. The molecule has 0 saturated carbocycles. The summed E-state index contributed by atoms with van der Waals surface area (Å²) in [5.41, 5.74) is 1.32. The van der Waals surface area contributed by atoms with Crippen LogP contribution in [0.15, 0.2) is 47.5 Å². The number of imide groups is 1. The lowest BCUT2D eigenvalue weighted by molar-refractivity contribution is -0.145. The van der Waals surface area contributed by atoms with Gasteiger partial charge in [0.2, 0.25) is 23.6 Å². The number of amides is 6. The lowest BCUT2D eigenvalue weighted by Gasteiger charge is -2.39. The van der Waals surface area contributed by atoms with E-state index in [-0.39, 0.29) is 48.4 Å². The number of hydrogen-bond donors (Lipinski definition) is 2. The molecule has 0 spiro atoms. The number of nitrogens with one attached hydrogen (secondary N) is 1. The van der Waals surface area contributed by atoms with Gasteiger partial charge in [0.1, 0.15) is 13.1 Å². The number of rotatable bonds is 21. The van der Waals surface area contributed by atoms with E-state index in [0.717, 1.165) is 19.3 Å². The van der Waals surface area contributed by atoms with E-state index in [1.807, 2.05) is 55.9 Å². The third-order valence-electron chi connectivity index (χ3n) is 12.5. The van der Waals surface area contributed by atoms with Crippen molar-refractivity contribution in [1.82, 2.24) is 34.7 Å². The second kappa shape index (κ2) is 30.9. The Morgan fingerprint density at radius 1 is 0.853 bits per heavy atom. The van der Waals surface area contributed by atoms with Gasteiger partial charge in [-0.25, -0.2) is 4.99 Å². The molecule has 0 bridgehead atoms. The number of likely N-dealkylation sites (N-methyl/N-ethyl adjacent to an activating group) is 1. The van der Waals surface area contributed by atoms with Crippen molar-refractivity contribution in [1.29, 1.82) is 0 Å². The largest absolute Gasteiger partial charge is 0.480 e. The minimum atomic E-state index is -1.15. The average molecular weight is 955 g/mol. The number of benzene rings is 1. The highest BCUT2D eigenvalue weighted by Gasteiger charge is 2.42. The molecule has 0 aromatic heterocycles. The van der Waals surface area contributed by atoms with Gasteiger partial charge in [0, 0.05) is 93.2 Å². The monoisotopic (exact) mass is 955 g/mol. The van der Waals surface area contributed by atoms with Crippen LogP contribution in [0, 0.1) is 18.8 Å². The maximum Gasteiger partial charge on any atom is 0.322 e. The molecule has 6 amide bonds. The molecule has 68 heavy (non-hydrogen) atoms. The zero-order valence-corrected chi connectivity index (χ0v) is 42.8. The van der Waals surface area contributed by atoms with Crippen LogP contribution < -0.4 is 5.32 Å². The number of aliphatic carboxylic acids is 1. The molecular weight excluding hydrogens is 873 g/mol. The van der Waals surface area contributed by atoms with E-state index in [1.54, 1.807) is 23.8 Å². The number of carbonyl (C=O) groups is 7. The molecule has 18 heteroatoms. The molecule has 3 aliphatic heterocycles. The number of nitrogens with zero attached hydrogens (tertiary/aromatic N) is 7. The number of piperazine rings is 1. The number of hydrogen-bond acceptors (Lipinski definition) is 10. The SMILES string of the molecule is CCC.CCC(C)C(C(CC(=O)N1CCCC1C(OC)C(C)C(=O)NCC(=O)O)OC)N(C)C(=O)CN=C(N(C)C)N1CCN(C(=O)CCCCCN2C(=O)C=CC2=O)CC1.Cc1ccccc1. The predicted octanol–water partition coefficient (Wildman–Crippen LogP) is 4.07. The van der Waals surface area contributed by atoms with Gasteiger partial charge in [-0.2, -0.15) is 0 Å². The van der Waals surface area contributed by atoms with Crippen molar-refractivity contribution < 1.29 is 48.1 Å². The van der Waals surface area contributed by atoms with Crippen molar-refractivity contribution in [3.05, 3.63) is 48.0 Å². The van der Waals surface area contributed by atoms with Crippen LogP contribution >= 0.6 is 0 Å². The number of carboxylic acids is 1. The van der Waals surface area contributed by atoms with Crippen LogP contribution in [0.5, 0.6) is 0 Å². The minimum absolute atomic E-state index is 0.00318. The Balaban J connectivity index is 0.00000141. The number of methoxy groups -OCH3 is 2. The molecule has 3 heterocycles. The highest BCUT2D eigenvalue weighted by atomic mass is 16.5. The summed E-state index contributed by atoms with van der Waals surface area (Å²) in [6.07, 6.45) is 7.03. The second-order valence-electron chi connectivity index (χ2n) is 18.0. The fourth-order valence-corrected chi connectivity index (χ4v) is 8.65. The van der Waals surface area contributed by atoms with Crippen LogP contribution in [0.25, 0.3) is 0 Å². The Labute approximate surface area is 405 Å². The maximum absolute atomic E-state index is 14.0. The normalized spacial score (nSPS) is 18.1. The van der Waals surface area contributed by atoms with E-state index in [2.05, 4.69) is 43.1 Å². The molecule has 0 radical (unpaired) electrons. The average Bonchev–Trinajstić information content (AvgIpc) is 3.93. The van der Waals surface area contributed by atoms with Gasteiger partial charge in [0.05, 0.1) is 36.6 Å². The number of ether oxygens (including phenoxy) is 2. The summed E-state index contributed by atoms with van der Waals surface area (Å²) < 4.78 is 11.7. The fraction of sp³-hybridized carbons (Fsp3) is 0.680. The Morgan fingerprint density at radius 2 is 1.46 bits per heavy atom. The fourth-order valence-electron chi connectivity index (χ4n) is 8.65. The van der Waals surface area contributed by atoms with E-state index < -0.39 is 48.6 Å². The molecule has 6 unspecified atom stereocenters. The molecule has 382 valence electrons. The Morgan fingerprint density at radius 3 is 1.97 bits per heavy atom. The van der Waals surface area contributed by atoms with E-state index in [9.17, 15) is 33.6 Å². The van der Waals surface area contributed by atoms with Crippen molar-refractivity contribution >= 4 is 47.4 Å². The van der Waals surface area contributed by atoms with Gasteiger partial charge in [-0.15, -0.1) is 0 Å². The van der Waals surface area contributed by atoms with E-state index in [1.165, 1.54) is 43.3 Å². The summed E-state index contributed by atoms with van der Waals surface area (Å²) >= 11 is 0. The van der Waals surface area contributed by atoms with Crippen LogP contribution in [0.3, 0.4) is 0 Å². The molecule has 2 fully saturated rings. The molecular formula is C50H82N8O10. The van der Waals surface area contributed by atoms with Crippen LogP contribution in [-0.2, 0) is 43.0 Å². The Bertz CT molecular complexity index is 1800. The minimum Gasteiger partial charge on any atom is -0.480 e.